The molecule has 21 heavy (non-hydrogen) atoms. The number of carbonyl (C=O) groups is 1. The van der Waals surface area contributed by atoms with Gasteiger partial charge in [0.1, 0.15) is 0 Å². The number of rotatable bonds is 4. The normalized spacial score (nSPS) is 25.6. The third-order valence-electron chi connectivity index (χ3n) is 4.49. The van der Waals surface area contributed by atoms with Gasteiger partial charge < -0.3 is 10.6 Å². The van der Waals surface area contributed by atoms with Gasteiger partial charge in [-0.15, -0.1) is 0 Å². The first-order valence-corrected chi connectivity index (χ1v) is 8.13. The van der Waals surface area contributed by atoms with Crippen molar-refractivity contribution in [1.29, 1.82) is 0 Å². The second-order valence-electron chi connectivity index (χ2n) is 5.93. The Morgan fingerprint density at radius 3 is 3.05 bits per heavy atom. The number of hydrogen-bond donors (Lipinski definition) is 2. The lowest BCUT2D eigenvalue weighted by Crippen LogP contribution is -2.46. The molecule has 2 unspecified atom stereocenters. The lowest BCUT2D eigenvalue weighted by molar-refractivity contribution is -0.115. The van der Waals surface area contributed by atoms with Crippen LogP contribution in [0.15, 0.2) is 24.3 Å². The van der Waals surface area contributed by atoms with Crippen molar-refractivity contribution in [3.05, 3.63) is 29.3 Å². The van der Waals surface area contributed by atoms with Crippen LogP contribution in [0.1, 0.15) is 25.7 Å². The molecule has 2 saturated heterocycles. The topological polar surface area (TPSA) is 44.4 Å². The maximum absolute atomic E-state index is 12.0. The first-order chi connectivity index (χ1) is 10.2. The number of anilines is 1. The maximum Gasteiger partial charge on any atom is 0.238 e. The Bertz CT molecular complexity index is 508. The molecule has 0 aromatic heterocycles. The highest BCUT2D eigenvalue weighted by Crippen LogP contribution is 2.27. The summed E-state index contributed by atoms with van der Waals surface area (Å²) in [6.07, 6.45) is 5.04. The van der Waals surface area contributed by atoms with E-state index in [9.17, 15) is 4.79 Å². The van der Waals surface area contributed by atoms with Crippen molar-refractivity contribution >= 4 is 23.2 Å². The number of piperidine rings is 1. The van der Waals surface area contributed by atoms with E-state index in [0.717, 1.165) is 18.7 Å². The highest BCUT2D eigenvalue weighted by atomic mass is 35.5. The molecule has 0 bridgehead atoms. The Hall–Kier alpha value is -1.10. The van der Waals surface area contributed by atoms with Crippen LogP contribution in [-0.4, -0.2) is 42.5 Å². The molecule has 2 aliphatic rings. The zero-order chi connectivity index (χ0) is 14.7. The number of nitrogens with one attached hydrogen (secondary N) is 2. The monoisotopic (exact) mass is 307 g/mol. The maximum atomic E-state index is 12.0. The molecule has 1 amide bonds. The Balaban J connectivity index is 1.47. The van der Waals surface area contributed by atoms with Gasteiger partial charge in [-0.3, -0.25) is 9.69 Å². The van der Waals surface area contributed by atoms with Gasteiger partial charge >= 0.3 is 0 Å². The van der Waals surface area contributed by atoms with Gasteiger partial charge in [-0.25, -0.2) is 0 Å². The quantitative estimate of drug-likeness (QED) is 0.898. The summed E-state index contributed by atoms with van der Waals surface area (Å²) < 4.78 is 0. The second-order valence-corrected chi connectivity index (χ2v) is 6.37. The summed E-state index contributed by atoms with van der Waals surface area (Å²) in [5.74, 6) is -0.00785. The zero-order valence-electron chi connectivity index (χ0n) is 12.1. The lowest BCUT2D eigenvalue weighted by Gasteiger charge is -2.32. The van der Waals surface area contributed by atoms with E-state index in [1.165, 1.54) is 25.8 Å². The molecule has 4 nitrogen and oxygen atoms in total. The number of hydrogen-bond acceptors (Lipinski definition) is 3. The van der Waals surface area contributed by atoms with Crippen LogP contribution < -0.4 is 10.6 Å². The molecule has 0 aliphatic carbocycles. The summed E-state index contributed by atoms with van der Waals surface area (Å²) in [5.41, 5.74) is 0.750. The first kappa shape index (κ1) is 14.8. The Morgan fingerprint density at radius 1 is 1.29 bits per heavy atom. The van der Waals surface area contributed by atoms with Crippen LogP contribution in [0.2, 0.25) is 5.02 Å². The predicted octanol–water partition coefficient (Wildman–Crippen LogP) is 2.49. The van der Waals surface area contributed by atoms with E-state index in [-0.39, 0.29) is 5.91 Å². The van der Waals surface area contributed by atoms with Crippen molar-refractivity contribution in [2.45, 2.75) is 37.8 Å². The molecule has 1 aromatic carbocycles. The SMILES string of the molecule is O=C(CNC1CCN2CCCCC12)Nc1cccc(Cl)c1. The van der Waals surface area contributed by atoms with E-state index in [2.05, 4.69) is 15.5 Å². The zero-order valence-corrected chi connectivity index (χ0v) is 12.9. The molecule has 0 saturated carbocycles. The number of fused-ring (bicyclic) bond motifs is 1. The van der Waals surface area contributed by atoms with Crippen molar-refractivity contribution in [3.63, 3.8) is 0 Å². The molecule has 5 heteroatoms. The van der Waals surface area contributed by atoms with E-state index >= 15 is 0 Å². The predicted molar refractivity (Wildman–Crippen MR) is 85.7 cm³/mol. The summed E-state index contributed by atoms with van der Waals surface area (Å²) in [7, 11) is 0. The van der Waals surface area contributed by atoms with Crippen LogP contribution >= 0.6 is 11.6 Å². The van der Waals surface area contributed by atoms with Crippen LogP contribution in [0.25, 0.3) is 0 Å². The van der Waals surface area contributed by atoms with Gasteiger partial charge in [0.25, 0.3) is 0 Å². The average Bonchev–Trinajstić information content (AvgIpc) is 2.88. The van der Waals surface area contributed by atoms with E-state index in [1.54, 1.807) is 12.1 Å². The minimum absolute atomic E-state index is 0.00785. The fraction of sp³-hybridized carbons (Fsp3) is 0.562. The number of halogens is 1. The number of carbonyl (C=O) groups excluding carboxylic acids is 1. The van der Waals surface area contributed by atoms with E-state index in [4.69, 9.17) is 11.6 Å². The Kier molecular flexibility index (Phi) is 4.78. The van der Waals surface area contributed by atoms with Crippen LogP contribution in [0.4, 0.5) is 5.69 Å². The summed E-state index contributed by atoms with van der Waals surface area (Å²) in [5, 5.41) is 6.94. The number of benzene rings is 1. The Morgan fingerprint density at radius 2 is 2.19 bits per heavy atom. The summed E-state index contributed by atoms with van der Waals surface area (Å²) >= 11 is 5.91. The van der Waals surface area contributed by atoms with Crippen molar-refractivity contribution in [3.8, 4) is 0 Å². The number of amides is 1. The van der Waals surface area contributed by atoms with E-state index in [1.807, 2.05) is 12.1 Å². The lowest BCUT2D eigenvalue weighted by atomic mass is 9.99. The molecule has 2 atom stereocenters. The molecule has 0 radical (unpaired) electrons. The molecule has 114 valence electrons. The molecule has 2 heterocycles. The number of nitrogens with zero attached hydrogens (tertiary/aromatic N) is 1. The third-order valence-corrected chi connectivity index (χ3v) is 4.72. The minimum atomic E-state index is -0.00785. The van der Waals surface area contributed by atoms with Gasteiger partial charge in [-0.2, -0.15) is 0 Å². The van der Waals surface area contributed by atoms with Crippen molar-refractivity contribution < 1.29 is 4.79 Å². The third kappa shape index (κ3) is 3.76. The van der Waals surface area contributed by atoms with Crippen LogP contribution in [0.3, 0.4) is 0 Å². The van der Waals surface area contributed by atoms with Crippen LogP contribution in [0.5, 0.6) is 0 Å². The average molecular weight is 308 g/mol. The van der Waals surface area contributed by atoms with Gasteiger partial charge in [-0.05, 0) is 44.0 Å². The van der Waals surface area contributed by atoms with Gasteiger partial charge in [0.05, 0.1) is 6.54 Å². The molecular formula is C16H22ClN3O. The van der Waals surface area contributed by atoms with Crippen LogP contribution in [-0.2, 0) is 4.79 Å². The smallest absolute Gasteiger partial charge is 0.238 e. The van der Waals surface area contributed by atoms with Gasteiger partial charge in [0, 0.05) is 29.3 Å². The fourth-order valence-electron chi connectivity index (χ4n) is 3.48. The fourth-order valence-corrected chi connectivity index (χ4v) is 3.67. The first-order valence-electron chi connectivity index (χ1n) is 7.75. The summed E-state index contributed by atoms with van der Waals surface area (Å²) in [6.45, 7) is 2.75. The molecule has 2 aliphatic heterocycles. The molecule has 1 aromatic rings. The summed E-state index contributed by atoms with van der Waals surface area (Å²) in [6, 6.07) is 8.32. The van der Waals surface area contributed by atoms with Gasteiger partial charge in [0.15, 0.2) is 0 Å². The summed E-state index contributed by atoms with van der Waals surface area (Å²) in [4.78, 5) is 14.6. The largest absolute Gasteiger partial charge is 0.325 e. The van der Waals surface area contributed by atoms with E-state index < -0.39 is 0 Å². The molecule has 3 rings (SSSR count). The highest BCUT2D eigenvalue weighted by Gasteiger charge is 2.35. The van der Waals surface area contributed by atoms with Gasteiger partial charge in [-0.1, -0.05) is 24.1 Å². The Labute approximate surface area is 130 Å². The van der Waals surface area contributed by atoms with Crippen molar-refractivity contribution in [1.82, 2.24) is 10.2 Å². The van der Waals surface area contributed by atoms with E-state index in [0.29, 0.717) is 23.7 Å². The molecular weight excluding hydrogens is 286 g/mol. The van der Waals surface area contributed by atoms with Gasteiger partial charge in [0.2, 0.25) is 5.91 Å². The molecule has 2 N–H and O–H groups in total. The highest BCUT2D eigenvalue weighted by molar-refractivity contribution is 6.30. The molecule has 0 spiro atoms. The minimum Gasteiger partial charge on any atom is -0.325 e. The van der Waals surface area contributed by atoms with Crippen molar-refractivity contribution in [2.24, 2.45) is 0 Å². The second kappa shape index (κ2) is 6.77. The van der Waals surface area contributed by atoms with Crippen LogP contribution in [0, 0.1) is 0 Å². The standard InChI is InChI=1S/C16H22ClN3O/c17-12-4-3-5-13(10-12)19-16(21)11-18-14-7-9-20-8-2-1-6-15(14)20/h3-5,10,14-15,18H,1-2,6-9,11H2,(H,19,21). The van der Waals surface area contributed by atoms with Crippen molar-refractivity contribution in [2.75, 3.05) is 25.0 Å². The molecule has 2 fully saturated rings.